The lowest BCUT2D eigenvalue weighted by molar-refractivity contribution is -0.167. The number of allylic oxidation sites excluding steroid dienone is 2. The highest BCUT2D eigenvalue weighted by atomic mass is 16.6. The van der Waals surface area contributed by atoms with Crippen LogP contribution < -0.4 is 0 Å². The Balaban J connectivity index is 2.75. The first-order valence-corrected chi connectivity index (χ1v) is 9.38. The summed E-state index contributed by atoms with van der Waals surface area (Å²) >= 11 is 0. The van der Waals surface area contributed by atoms with Crippen molar-refractivity contribution in [3.8, 4) is 0 Å². The molecular formula is C22H36O3. The Kier molecular flexibility index (Phi) is 6.83. The summed E-state index contributed by atoms with van der Waals surface area (Å²) in [7, 11) is 0. The largest absolute Gasteiger partial charge is 0.456 e. The quantitative estimate of drug-likeness (QED) is 0.441. The molecule has 1 aliphatic carbocycles. The van der Waals surface area contributed by atoms with E-state index in [1.54, 1.807) is 0 Å². The Bertz CT molecular complexity index is 544. The molecule has 142 valence electrons. The van der Waals surface area contributed by atoms with E-state index in [1.165, 1.54) is 6.08 Å². The average Bonchev–Trinajstić information content (AvgIpc) is 2.51. The zero-order valence-corrected chi connectivity index (χ0v) is 17.2. The van der Waals surface area contributed by atoms with Crippen LogP contribution in [0, 0.1) is 16.7 Å². The number of hydrogen-bond acceptors (Lipinski definition) is 3. The maximum atomic E-state index is 12.4. The van der Waals surface area contributed by atoms with Crippen LogP contribution in [0.25, 0.3) is 0 Å². The molecule has 0 amide bonds. The highest BCUT2D eigenvalue weighted by molar-refractivity contribution is 5.95. The van der Waals surface area contributed by atoms with E-state index in [1.807, 2.05) is 13.8 Å². The molecule has 0 aromatic heterocycles. The van der Waals surface area contributed by atoms with Crippen LogP contribution in [0.15, 0.2) is 24.3 Å². The maximum Gasteiger partial charge on any atom is 0.330 e. The molecule has 0 fully saturated rings. The van der Waals surface area contributed by atoms with Crippen molar-refractivity contribution in [2.24, 2.45) is 16.7 Å². The van der Waals surface area contributed by atoms with E-state index in [2.05, 4.69) is 47.3 Å². The lowest BCUT2D eigenvalue weighted by atomic mass is 9.63. The van der Waals surface area contributed by atoms with E-state index in [0.717, 1.165) is 31.3 Å². The Hall–Kier alpha value is -1.38. The van der Waals surface area contributed by atoms with Crippen molar-refractivity contribution in [2.75, 3.05) is 0 Å². The summed E-state index contributed by atoms with van der Waals surface area (Å²) in [6, 6.07) is 0. The van der Waals surface area contributed by atoms with Gasteiger partial charge in [-0.1, -0.05) is 47.3 Å². The van der Waals surface area contributed by atoms with Crippen molar-refractivity contribution in [1.82, 2.24) is 0 Å². The fourth-order valence-electron chi connectivity index (χ4n) is 3.31. The summed E-state index contributed by atoms with van der Waals surface area (Å²) in [5.41, 5.74) is 0.387. The summed E-state index contributed by atoms with van der Waals surface area (Å²) in [6.45, 7) is 18.2. The van der Waals surface area contributed by atoms with E-state index in [4.69, 9.17) is 4.74 Å². The van der Waals surface area contributed by atoms with Gasteiger partial charge < -0.3 is 4.74 Å². The van der Waals surface area contributed by atoms with Crippen molar-refractivity contribution in [1.29, 1.82) is 0 Å². The number of ketones is 1. The molecule has 0 aromatic carbocycles. The third-order valence-electron chi connectivity index (χ3n) is 5.97. The molecule has 0 aromatic rings. The van der Waals surface area contributed by atoms with E-state index >= 15 is 0 Å². The third-order valence-corrected chi connectivity index (χ3v) is 5.97. The highest BCUT2D eigenvalue weighted by Gasteiger charge is 2.45. The molecule has 1 rings (SSSR count). The first-order valence-electron chi connectivity index (χ1n) is 9.38. The molecule has 1 unspecified atom stereocenters. The summed E-state index contributed by atoms with van der Waals surface area (Å²) in [5, 5.41) is 0. The van der Waals surface area contributed by atoms with Gasteiger partial charge in [-0.05, 0) is 56.4 Å². The van der Waals surface area contributed by atoms with E-state index < -0.39 is 5.60 Å². The third kappa shape index (κ3) is 5.83. The Labute approximate surface area is 153 Å². The van der Waals surface area contributed by atoms with Gasteiger partial charge in [0.15, 0.2) is 5.78 Å². The molecule has 1 atom stereocenters. The van der Waals surface area contributed by atoms with Crippen LogP contribution in [0.3, 0.4) is 0 Å². The fraction of sp³-hybridized carbons (Fsp3) is 0.727. The number of ether oxygens (including phenoxy) is 1. The average molecular weight is 349 g/mol. The Morgan fingerprint density at radius 3 is 2.24 bits per heavy atom. The number of hydrogen-bond donors (Lipinski definition) is 0. The molecule has 3 nitrogen and oxygen atoms in total. The first kappa shape index (κ1) is 21.7. The van der Waals surface area contributed by atoms with Gasteiger partial charge in [-0.25, -0.2) is 4.79 Å². The molecule has 1 aliphatic rings. The molecule has 0 spiro atoms. The van der Waals surface area contributed by atoms with Crippen molar-refractivity contribution in [3.63, 3.8) is 0 Å². The number of rotatable bonds is 7. The van der Waals surface area contributed by atoms with Crippen molar-refractivity contribution >= 4 is 11.8 Å². The van der Waals surface area contributed by atoms with Gasteiger partial charge in [0.05, 0.1) is 0 Å². The molecule has 25 heavy (non-hydrogen) atoms. The van der Waals surface area contributed by atoms with Gasteiger partial charge in [-0.3, -0.25) is 4.79 Å². The minimum Gasteiger partial charge on any atom is -0.456 e. The topological polar surface area (TPSA) is 43.4 Å². The molecule has 0 saturated heterocycles. The molecule has 0 heterocycles. The molecule has 0 radical (unpaired) electrons. The number of esters is 1. The fourth-order valence-corrected chi connectivity index (χ4v) is 3.31. The Morgan fingerprint density at radius 2 is 1.80 bits per heavy atom. The monoisotopic (exact) mass is 348 g/mol. The van der Waals surface area contributed by atoms with Gasteiger partial charge in [0.25, 0.3) is 0 Å². The summed E-state index contributed by atoms with van der Waals surface area (Å²) in [5.74, 6) is 0.283. The zero-order chi connectivity index (χ0) is 19.5. The van der Waals surface area contributed by atoms with Crippen LogP contribution in [0.4, 0.5) is 0 Å². The SMILES string of the molecule is C=CC(=O)OC(C)(C)C(C)(C)C1CC=C(C(=O)CCC(C)(C)C)CC1. The van der Waals surface area contributed by atoms with Crippen LogP contribution in [0.1, 0.15) is 80.6 Å². The minimum absolute atomic E-state index is 0.189. The number of Topliss-reactive ketones (excluding diaryl/α,β-unsaturated/α-hetero) is 1. The van der Waals surface area contributed by atoms with E-state index in [0.29, 0.717) is 18.1 Å². The predicted molar refractivity (Wildman–Crippen MR) is 103 cm³/mol. The Morgan fingerprint density at radius 1 is 1.20 bits per heavy atom. The second-order valence-electron chi connectivity index (χ2n) is 9.54. The zero-order valence-electron chi connectivity index (χ0n) is 17.2. The molecule has 0 saturated carbocycles. The molecular weight excluding hydrogens is 312 g/mol. The molecule has 0 N–H and O–H groups in total. The molecule has 0 aliphatic heterocycles. The van der Waals surface area contributed by atoms with Gasteiger partial charge in [0, 0.05) is 17.9 Å². The lowest BCUT2D eigenvalue weighted by Crippen LogP contribution is -2.48. The summed E-state index contributed by atoms with van der Waals surface area (Å²) < 4.78 is 5.61. The first-order chi connectivity index (χ1) is 11.3. The van der Waals surface area contributed by atoms with Gasteiger partial charge >= 0.3 is 5.97 Å². The molecule has 0 bridgehead atoms. The summed E-state index contributed by atoms with van der Waals surface area (Å²) in [6.07, 6.45) is 7.52. The van der Waals surface area contributed by atoms with Crippen LogP contribution in [0.2, 0.25) is 0 Å². The van der Waals surface area contributed by atoms with Gasteiger partial charge in [-0.2, -0.15) is 0 Å². The van der Waals surface area contributed by atoms with Crippen LogP contribution >= 0.6 is 0 Å². The predicted octanol–water partition coefficient (Wildman–Crippen LogP) is 5.64. The van der Waals surface area contributed by atoms with Gasteiger partial charge in [0.1, 0.15) is 5.60 Å². The molecule has 3 heteroatoms. The number of carbonyl (C=O) groups excluding carboxylic acids is 2. The van der Waals surface area contributed by atoms with Crippen molar-refractivity contribution < 1.29 is 14.3 Å². The minimum atomic E-state index is -0.593. The standard InChI is InChI=1S/C22H36O3/c1-9-19(24)25-22(7,8)21(5,6)17-12-10-16(11-13-17)18(23)14-15-20(2,3)4/h9-10,17H,1,11-15H2,2-8H3. The normalized spacial score (nSPS) is 19.2. The lowest BCUT2D eigenvalue weighted by Gasteiger charge is -2.47. The van der Waals surface area contributed by atoms with Gasteiger partial charge in [0.2, 0.25) is 0 Å². The van der Waals surface area contributed by atoms with Crippen molar-refractivity contribution in [2.45, 2.75) is 86.2 Å². The second-order valence-corrected chi connectivity index (χ2v) is 9.54. The highest BCUT2D eigenvalue weighted by Crippen LogP contribution is 2.46. The van der Waals surface area contributed by atoms with Gasteiger partial charge in [-0.15, -0.1) is 0 Å². The smallest absolute Gasteiger partial charge is 0.330 e. The van der Waals surface area contributed by atoms with Crippen LogP contribution in [-0.2, 0) is 14.3 Å². The van der Waals surface area contributed by atoms with E-state index in [9.17, 15) is 9.59 Å². The number of carbonyl (C=O) groups is 2. The van der Waals surface area contributed by atoms with Crippen molar-refractivity contribution in [3.05, 3.63) is 24.3 Å². The van der Waals surface area contributed by atoms with Crippen LogP contribution in [-0.4, -0.2) is 17.4 Å². The maximum absolute atomic E-state index is 12.4. The van der Waals surface area contributed by atoms with Crippen LogP contribution in [0.5, 0.6) is 0 Å². The van der Waals surface area contributed by atoms with E-state index in [-0.39, 0.29) is 16.8 Å². The summed E-state index contributed by atoms with van der Waals surface area (Å²) in [4.78, 5) is 24.1. The second kappa shape index (κ2) is 7.88.